The van der Waals surface area contributed by atoms with Crippen LogP contribution in [-0.4, -0.2) is 21.7 Å². The fourth-order valence-corrected chi connectivity index (χ4v) is 2.49. The van der Waals surface area contributed by atoms with E-state index in [1.165, 1.54) is 11.3 Å². The summed E-state index contributed by atoms with van der Waals surface area (Å²) in [5.74, 6) is -0.0148. The molecule has 0 aliphatic carbocycles. The Hall–Kier alpha value is -1.62. The Morgan fingerprint density at radius 3 is 2.89 bits per heavy atom. The number of nitrogens with one attached hydrogen (secondary N) is 1. The van der Waals surface area contributed by atoms with Crippen LogP contribution in [0.1, 0.15) is 28.0 Å². The van der Waals surface area contributed by atoms with Crippen molar-refractivity contribution in [1.82, 2.24) is 15.1 Å². The third kappa shape index (κ3) is 2.98. The molecule has 0 aliphatic rings. The second-order valence-corrected chi connectivity index (χ2v) is 5.41. The van der Waals surface area contributed by atoms with Crippen molar-refractivity contribution in [2.24, 2.45) is 0 Å². The van der Waals surface area contributed by atoms with Crippen LogP contribution in [-0.2, 0) is 6.54 Å². The number of rotatable bonds is 4. The summed E-state index contributed by atoms with van der Waals surface area (Å²) < 4.78 is 1.93. The summed E-state index contributed by atoms with van der Waals surface area (Å²) in [5, 5.41) is 9.27. The Morgan fingerprint density at radius 2 is 2.33 bits per heavy atom. The number of carbonyl (C=O) groups excluding carboxylic acids is 1. The topological polar surface area (TPSA) is 46.9 Å². The molecule has 0 radical (unpaired) electrons. The Labute approximate surface area is 111 Å². The van der Waals surface area contributed by atoms with Crippen molar-refractivity contribution in [3.05, 3.63) is 39.8 Å². The monoisotopic (exact) mass is 263 g/mol. The first-order valence-electron chi connectivity index (χ1n) is 5.91. The Bertz CT molecular complexity index is 530. The molecule has 0 spiro atoms. The van der Waals surface area contributed by atoms with E-state index in [1.807, 2.05) is 49.0 Å². The summed E-state index contributed by atoms with van der Waals surface area (Å²) in [7, 11) is 0. The molecule has 2 aromatic rings. The van der Waals surface area contributed by atoms with Crippen LogP contribution < -0.4 is 5.32 Å². The molecular weight excluding hydrogens is 246 g/mol. The predicted octanol–water partition coefficient (Wildman–Crippen LogP) is 2.38. The van der Waals surface area contributed by atoms with Gasteiger partial charge in [-0.1, -0.05) is 6.07 Å². The molecule has 1 amide bonds. The summed E-state index contributed by atoms with van der Waals surface area (Å²) in [6.07, 6.45) is 0. The van der Waals surface area contributed by atoms with Gasteiger partial charge in [0, 0.05) is 11.7 Å². The van der Waals surface area contributed by atoms with Crippen molar-refractivity contribution in [2.45, 2.75) is 33.4 Å². The standard InChI is InChI=1S/C13H17N3OS/c1-9-7-11(3)16(15-9)8-10(2)14-13(17)12-5-4-6-18-12/h4-7,10H,8H2,1-3H3,(H,14,17)/t10-/m1/s1. The fourth-order valence-electron chi connectivity index (χ4n) is 1.87. The molecule has 5 heteroatoms. The van der Waals surface area contributed by atoms with Gasteiger partial charge in [-0.15, -0.1) is 11.3 Å². The molecule has 0 unspecified atom stereocenters. The van der Waals surface area contributed by atoms with Crippen LogP contribution in [0.15, 0.2) is 23.6 Å². The number of nitrogens with zero attached hydrogens (tertiary/aromatic N) is 2. The fraction of sp³-hybridized carbons (Fsp3) is 0.385. The van der Waals surface area contributed by atoms with Gasteiger partial charge in [0.15, 0.2) is 0 Å². The van der Waals surface area contributed by atoms with Gasteiger partial charge in [0.05, 0.1) is 17.1 Å². The number of hydrogen-bond acceptors (Lipinski definition) is 3. The van der Waals surface area contributed by atoms with Crippen molar-refractivity contribution in [2.75, 3.05) is 0 Å². The number of aromatic nitrogens is 2. The van der Waals surface area contributed by atoms with Crippen LogP contribution >= 0.6 is 11.3 Å². The van der Waals surface area contributed by atoms with Gasteiger partial charge in [-0.2, -0.15) is 5.10 Å². The first-order valence-corrected chi connectivity index (χ1v) is 6.79. The SMILES string of the molecule is Cc1cc(C)n(C[C@@H](C)NC(=O)c2cccs2)n1. The molecule has 4 nitrogen and oxygen atoms in total. The van der Waals surface area contributed by atoms with E-state index < -0.39 is 0 Å². The van der Waals surface area contributed by atoms with E-state index in [4.69, 9.17) is 0 Å². The lowest BCUT2D eigenvalue weighted by Gasteiger charge is -2.14. The maximum atomic E-state index is 11.9. The minimum absolute atomic E-state index is 0.0148. The largest absolute Gasteiger partial charge is 0.347 e. The molecule has 1 atom stereocenters. The molecule has 1 N–H and O–H groups in total. The summed E-state index contributed by atoms with van der Waals surface area (Å²) in [5.41, 5.74) is 2.12. The maximum absolute atomic E-state index is 11.9. The second-order valence-electron chi connectivity index (χ2n) is 4.46. The molecule has 96 valence electrons. The molecule has 0 aliphatic heterocycles. The van der Waals surface area contributed by atoms with Crippen molar-refractivity contribution < 1.29 is 4.79 Å². The van der Waals surface area contributed by atoms with Crippen LogP contribution in [0.5, 0.6) is 0 Å². The van der Waals surface area contributed by atoms with E-state index in [0.717, 1.165) is 16.3 Å². The van der Waals surface area contributed by atoms with Gasteiger partial charge in [-0.25, -0.2) is 0 Å². The summed E-state index contributed by atoms with van der Waals surface area (Å²) >= 11 is 1.45. The lowest BCUT2D eigenvalue weighted by Crippen LogP contribution is -2.35. The van der Waals surface area contributed by atoms with Gasteiger partial charge in [0.2, 0.25) is 0 Å². The first kappa shape index (κ1) is 12.8. The lowest BCUT2D eigenvalue weighted by molar-refractivity contribution is 0.0940. The van der Waals surface area contributed by atoms with Crippen LogP contribution in [0, 0.1) is 13.8 Å². The van der Waals surface area contributed by atoms with E-state index in [0.29, 0.717) is 6.54 Å². The average molecular weight is 263 g/mol. The highest BCUT2D eigenvalue weighted by Crippen LogP contribution is 2.09. The minimum atomic E-state index is -0.0148. The number of carbonyl (C=O) groups is 1. The summed E-state index contributed by atoms with van der Waals surface area (Å²) in [4.78, 5) is 12.6. The second kappa shape index (κ2) is 5.35. The Kier molecular flexibility index (Phi) is 3.81. The van der Waals surface area contributed by atoms with Crippen LogP contribution in [0.3, 0.4) is 0 Å². The van der Waals surface area contributed by atoms with Gasteiger partial charge in [-0.05, 0) is 38.3 Å². The minimum Gasteiger partial charge on any atom is -0.347 e. The molecule has 2 rings (SSSR count). The molecule has 0 fully saturated rings. The zero-order chi connectivity index (χ0) is 13.1. The van der Waals surface area contributed by atoms with E-state index in [-0.39, 0.29) is 11.9 Å². The van der Waals surface area contributed by atoms with Crippen molar-refractivity contribution in [3.63, 3.8) is 0 Å². The van der Waals surface area contributed by atoms with Crippen molar-refractivity contribution in [3.8, 4) is 0 Å². The van der Waals surface area contributed by atoms with Gasteiger partial charge in [-0.3, -0.25) is 9.48 Å². The number of aryl methyl sites for hydroxylation is 2. The van der Waals surface area contributed by atoms with Gasteiger partial charge >= 0.3 is 0 Å². The quantitative estimate of drug-likeness (QED) is 0.920. The highest BCUT2D eigenvalue weighted by Gasteiger charge is 2.12. The van der Waals surface area contributed by atoms with Gasteiger partial charge < -0.3 is 5.32 Å². The zero-order valence-corrected chi connectivity index (χ0v) is 11.6. The van der Waals surface area contributed by atoms with E-state index in [2.05, 4.69) is 10.4 Å². The average Bonchev–Trinajstić information content (AvgIpc) is 2.89. The highest BCUT2D eigenvalue weighted by atomic mass is 32.1. The predicted molar refractivity (Wildman–Crippen MR) is 72.9 cm³/mol. The van der Waals surface area contributed by atoms with Gasteiger partial charge in [0.1, 0.15) is 0 Å². The summed E-state index contributed by atoms with van der Waals surface area (Å²) in [6, 6.07) is 5.80. The molecule has 18 heavy (non-hydrogen) atoms. The maximum Gasteiger partial charge on any atom is 0.261 e. The van der Waals surface area contributed by atoms with E-state index in [9.17, 15) is 4.79 Å². The zero-order valence-electron chi connectivity index (χ0n) is 10.8. The smallest absolute Gasteiger partial charge is 0.261 e. The first-order chi connectivity index (χ1) is 8.56. The summed E-state index contributed by atoms with van der Waals surface area (Å²) in [6.45, 7) is 6.67. The van der Waals surface area contributed by atoms with Crippen LogP contribution in [0.25, 0.3) is 0 Å². The molecule has 0 saturated heterocycles. The van der Waals surface area contributed by atoms with Gasteiger partial charge in [0.25, 0.3) is 5.91 Å². The Morgan fingerprint density at radius 1 is 1.56 bits per heavy atom. The molecule has 0 saturated carbocycles. The molecule has 0 aromatic carbocycles. The third-order valence-corrected chi connectivity index (χ3v) is 3.54. The van der Waals surface area contributed by atoms with Crippen molar-refractivity contribution in [1.29, 1.82) is 0 Å². The number of thiophene rings is 1. The highest BCUT2D eigenvalue weighted by molar-refractivity contribution is 7.12. The molecule has 0 bridgehead atoms. The van der Waals surface area contributed by atoms with E-state index in [1.54, 1.807) is 0 Å². The molecular formula is C13H17N3OS. The molecule has 2 aromatic heterocycles. The van der Waals surface area contributed by atoms with Crippen LogP contribution in [0.4, 0.5) is 0 Å². The number of hydrogen-bond donors (Lipinski definition) is 1. The number of amides is 1. The normalized spacial score (nSPS) is 12.4. The lowest BCUT2D eigenvalue weighted by atomic mass is 10.3. The van der Waals surface area contributed by atoms with Crippen molar-refractivity contribution >= 4 is 17.2 Å². The molecule has 2 heterocycles. The third-order valence-electron chi connectivity index (χ3n) is 2.67. The Balaban J connectivity index is 1.95. The van der Waals surface area contributed by atoms with E-state index >= 15 is 0 Å². The van der Waals surface area contributed by atoms with Crippen LogP contribution in [0.2, 0.25) is 0 Å².